The van der Waals surface area contributed by atoms with Gasteiger partial charge in [-0.05, 0) is 73.7 Å². The number of para-hydroxylation sites is 1. The van der Waals surface area contributed by atoms with Gasteiger partial charge in [-0.1, -0.05) is 36.4 Å². The van der Waals surface area contributed by atoms with E-state index in [1.54, 1.807) is 25.3 Å². The minimum Gasteiger partial charge on any atom is -0.496 e. The number of benzene rings is 3. The Labute approximate surface area is 188 Å². The molecule has 7 heteroatoms. The standard InChI is InChI=1S/C25H27F2NO3S/c1-31-25-13-6-5-8-20(25)9-7-10-21(26)18-19-28(23-16-14-22(27)15-17-23)32(29,30)24-11-3-2-4-12-24/h2-6,8,11-17,21H,7,9-10,18-19H2,1H3. The van der Waals surface area contributed by atoms with E-state index in [1.807, 2.05) is 24.3 Å². The molecular formula is C25H27F2NO3S. The maximum atomic E-state index is 14.7. The monoisotopic (exact) mass is 459 g/mol. The van der Waals surface area contributed by atoms with Gasteiger partial charge in [-0.2, -0.15) is 0 Å². The second kappa shape index (κ2) is 11.1. The van der Waals surface area contributed by atoms with Crippen molar-refractivity contribution in [2.24, 2.45) is 0 Å². The lowest BCUT2D eigenvalue weighted by molar-refractivity contribution is 0.294. The molecule has 0 radical (unpaired) electrons. The number of sulfonamides is 1. The smallest absolute Gasteiger partial charge is 0.264 e. The van der Waals surface area contributed by atoms with Crippen molar-refractivity contribution in [1.29, 1.82) is 0 Å². The molecule has 0 aromatic heterocycles. The average molecular weight is 460 g/mol. The summed E-state index contributed by atoms with van der Waals surface area (Å²) in [4.78, 5) is 0.107. The quantitative estimate of drug-likeness (QED) is 0.365. The molecule has 3 rings (SSSR count). The Morgan fingerprint density at radius 3 is 2.25 bits per heavy atom. The molecule has 0 aliphatic rings. The van der Waals surface area contributed by atoms with Gasteiger partial charge in [0.05, 0.1) is 17.7 Å². The number of halogens is 2. The zero-order valence-corrected chi connectivity index (χ0v) is 18.8. The fraction of sp³-hybridized carbons (Fsp3) is 0.280. The van der Waals surface area contributed by atoms with Crippen molar-refractivity contribution in [3.63, 3.8) is 0 Å². The van der Waals surface area contributed by atoms with Gasteiger partial charge in [0.1, 0.15) is 17.7 Å². The predicted molar refractivity (Wildman–Crippen MR) is 123 cm³/mol. The Balaban J connectivity index is 1.66. The topological polar surface area (TPSA) is 46.6 Å². The first kappa shape index (κ1) is 23.7. The second-order valence-corrected chi connectivity index (χ2v) is 9.32. The number of hydrogen-bond acceptors (Lipinski definition) is 3. The van der Waals surface area contributed by atoms with Crippen LogP contribution >= 0.6 is 0 Å². The van der Waals surface area contributed by atoms with Gasteiger partial charge >= 0.3 is 0 Å². The molecular weight excluding hydrogens is 432 g/mol. The van der Waals surface area contributed by atoms with Crippen molar-refractivity contribution in [3.05, 3.63) is 90.2 Å². The molecule has 0 aliphatic heterocycles. The lowest BCUT2D eigenvalue weighted by atomic mass is 10.0. The summed E-state index contributed by atoms with van der Waals surface area (Å²) in [6, 6.07) is 20.8. The Hall–Kier alpha value is -2.93. The predicted octanol–water partition coefficient (Wildman–Crippen LogP) is 5.78. The van der Waals surface area contributed by atoms with Crippen LogP contribution in [-0.4, -0.2) is 28.2 Å². The third kappa shape index (κ3) is 6.07. The molecule has 0 saturated carbocycles. The van der Waals surface area contributed by atoms with Gasteiger partial charge in [-0.3, -0.25) is 4.31 Å². The van der Waals surface area contributed by atoms with E-state index in [-0.39, 0.29) is 17.9 Å². The molecule has 0 amide bonds. The number of methoxy groups -OCH3 is 1. The SMILES string of the molecule is COc1ccccc1CCCC(F)CCN(c1ccc(F)cc1)S(=O)(=O)c1ccccc1. The molecule has 1 atom stereocenters. The Morgan fingerprint density at radius 1 is 0.906 bits per heavy atom. The summed E-state index contributed by atoms with van der Waals surface area (Å²) in [7, 11) is -2.30. The maximum Gasteiger partial charge on any atom is 0.264 e. The average Bonchev–Trinajstić information content (AvgIpc) is 2.81. The molecule has 0 N–H and O–H groups in total. The van der Waals surface area contributed by atoms with Gasteiger partial charge in [0, 0.05) is 6.54 Å². The van der Waals surface area contributed by atoms with Crippen LogP contribution in [0, 0.1) is 5.82 Å². The molecule has 3 aromatic rings. The summed E-state index contributed by atoms with van der Waals surface area (Å²) in [6.45, 7) is -0.0430. The highest BCUT2D eigenvalue weighted by atomic mass is 32.2. The van der Waals surface area contributed by atoms with Crippen molar-refractivity contribution in [1.82, 2.24) is 0 Å². The van der Waals surface area contributed by atoms with Gasteiger partial charge in [-0.15, -0.1) is 0 Å². The Bertz CT molecular complexity index is 1090. The number of alkyl halides is 1. The van der Waals surface area contributed by atoms with Gasteiger partial charge in [-0.25, -0.2) is 17.2 Å². The third-order valence-corrected chi connectivity index (χ3v) is 7.09. The summed E-state index contributed by atoms with van der Waals surface area (Å²) in [5.41, 5.74) is 1.32. The molecule has 0 bridgehead atoms. The Morgan fingerprint density at radius 2 is 1.56 bits per heavy atom. The Kier molecular flexibility index (Phi) is 8.22. The van der Waals surface area contributed by atoms with Crippen LogP contribution < -0.4 is 9.04 Å². The van der Waals surface area contributed by atoms with Gasteiger partial charge in [0.2, 0.25) is 0 Å². The number of anilines is 1. The molecule has 3 aromatic carbocycles. The highest BCUT2D eigenvalue weighted by Gasteiger charge is 2.25. The number of rotatable bonds is 11. The molecule has 32 heavy (non-hydrogen) atoms. The zero-order chi connectivity index (χ0) is 23.0. The fourth-order valence-corrected chi connectivity index (χ4v) is 5.04. The van der Waals surface area contributed by atoms with Crippen LogP contribution in [0.25, 0.3) is 0 Å². The van der Waals surface area contributed by atoms with Crippen LogP contribution in [0.4, 0.5) is 14.5 Å². The second-order valence-electron chi connectivity index (χ2n) is 7.46. The maximum absolute atomic E-state index is 14.7. The lowest BCUT2D eigenvalue weighted by Gasteiger charge is -2.25. The highest BCUT2D eigenvalue weighted by Crippen LogP contribution is 2.26. The first-order valence-corrected chi connectivity index (χ1v) is 11.9. The molecule has 0 heterocycles. The van der Waals surface area contributed by atoms with Crippen LogP contribution in [0.5, 0.6) is 5.75 Å². The number of aryl methyl sites for hydroxylation is 1. The zero-order valence-electron chi connectivity index (χ0n) is 18.0. The van der Waals surface area contributed by atoms with E-state index in [4.69, 9.17) is 4.74 Å². The van der Waals surface area contributed by atoms with Crippen molar-refractivity contribution in [2.45, 2.75) is 36.8 Å². The van der Waals surface area contributed by atoms with Gasteiger partial charge in [0.15, 0.2) is 0 Å². The fourth-order valence-electron chi connectivity index (χ4n) is 3.54. The van der Waals surface area contributed by atoms with Crippen LogP contribution in [0.1, 0.15) is 24.8 Å². The molecule has 0 saturated heterocycles. The van der Waals surface area contributed by atoms with Crippen molar-refractivity contribution < 1.29 is 21.9 Å². The van der Waals surface area contributed by atoms with Gasteiger partial charge < -0.3 is 4.74 Å². The number of nitrogens with zero attached hydrogens (tertiary/aromatic N) is 1. The molecule has 4 nitrogen and oxygen atoms in total. The molecule has 170 valence electrons. The molecule has 0 spiro atoms. The van der Waals surface area contributed by atoms with Crippen molar-refractivity contribution in [2.75, 3.05) is 18.0 Å². The minimum absolute atomic E-state index is 0.0371. The molecule has 1 unspecified atom stereocenters. The minimum atomic E-state index is -3.91. The number of hydrogen-bond donors (Lipinski definition) is 0. The first-order valence-electron chi connectivity index (χ1n) is 10.5. The van der Waals surface area contributed by atoms with Crippen LogP contribution in [-0.2, 0) is 16.4 Å². The first-order chi connectivity index (χ1) is 15.4. The normalized spacial score (nSPS) is 12.3. The number of ether oxygens (including phenoxy) is 1. The molecule has 0 fully saturated rings. The summed E-state index contributed by atoms with van der Waals surface area (Å²) < 4.78 is 61.0. The van der Waals surface area contributed by atoms with E-state index in [9.17, 15) is 17.2 Å². The summed E-state index contributed by atoms with van der Waals surface area (Å²) in [5, 5.41) is 0. The van der Waals surface area contributed by atoms with Gasteiger partial charge in [0.25, 0.3) is 10.0 Å². The molecule has 0 aliphatic carbocycles. The van der Waals surface area contributed by atoms with Crippen LogP contribution in [0.3, 0.4) is 0 Å². The lowest BCUT2D eigenvalue weighted by Crippen LogP contribution is -2.33. The van der Waals surface area contributed by atoms with E-state index >= 15 is 0 Å². The third-order valence-electron chi connectivity index (χ3n) is 5.25. The highest BCUT2D eigenvalue weighted by molar-refractivity contribution is 7.92. The largest absolute Gasteiger partial charge is 0.496 e. The van der Waals surface area contributed by atoms with Crippen LogP contribution in [0.2, 0.25) is 0 Å². The van der Waals surface area contributed by atoms with Crippen molar-refractivity contribution >= 4 is 15.7 Å². The summed E-state index contributed by atoms with van der Waals surface area (Å²) in [5.74, 6) is 0.310. The summed E-state index contributed by atoms with van der Waals surface area (Å²) >= 11 is 0. The van der Waals surface area contributed by atoms with E-state index in [0.717, 1.165) is 15.6 Å². The summed E-state index contributed by atoms with van der Waals surface area (Å²) in [6.07, 6.45) is 0.465. The van der Waals surface area contributed by atoms with E-state index < -0.39 is 22.0 Å². The van der Waals surface area contributed by atoms with E-state index in [2.05, 4.69) is 0 Å². The van der Waals surface area contributed by atoms with Crippen LogP contribution in [0.15, 0.2) is 83.8 Å². The van der Waals surface area contributed by atoms with E-state index in [1.165, 1.54) is 36.4 Å². The van der Waals surface area contributed by atoms with Crippen molar-refractivity contribution in [3.8, 4) is 5.75 Å². The van der Waals surface area contributed by atoms with E-state index in [0.29, 0.717) is 24.9 Å².